The molecule has 3 aromatic carbocycles. The van der Waals surface area contributed by atoms with Crippen molar-refractivity contribution in [2.45, 2.75) is 18.4 Å². The summed E-state index contributed by atoms with van der Waals surface area (Å²) >= 11 is 0. The summed E-state index contributed by atoms with van der Waals surface area (Å²) in [6.07, 6.45) is 0. The first-order valence-electron chi connectivity index (χ1n) is 10.9. The number of esters is 1. The number of amides is 1. The highest BCUT2D eigenvalue weighted by atomic mass is 32.2. The lowest BCUT2D eigenvalue weighted by Crippen LogP contribution is -2.26. The van der Waals surface area contributed by atoms with Crippen molar-refractivity contribution < 1.29 is 27.2 Å². The third-order valence-electron chi connectivity index (χ3n) is 5.37. The minimum absolute atomic E-state index is 0.0634. The average Bonchev–Trinajstić information content (AvgIpc) is 3.23. The van der Waals surface area contributed by atoms with E-state index in [-0.39, 0.29) is 35.1 Å². The maximum absolute atomic E-state index is 13.0. The number of fused-ring (bicyclic) bond motifs is 1. The monoisotopic (exact) mass is 492 g/mol. The quantitative estimate of drug-likeness (QED) is 0.358. The predicted octanol–water partition coefficient (Wildman–Crippen LogP) is 4.68. The molecule has 35 heavy (non-hydrogen) atoms. The third-order valence-corrected chi connectivity index (χ3v) is 7.19. The summed E-state index contributed by atoms with van der Waals surface area (Å²) in [6, 6.07) is 21.8. The number of nitrogens with one attached hydrogen (secondary N) is 1. The molecule has 1 N–H and O–H groups in total. The third kappa shape index (κ3) is 5.11. The molecular formula is C26H24N2O6S. The molecule has 4 aromatic rings. The summed E-state index contributed by atoms with van der Waals surface area (Å²) in [5, 5.41) is 3.26. The molecule has 1 heterocycles. The zero-order chi connectivity index (χ0) is 25.0. The van der Waals surface area contributed by atoms with Gasteiger partial charge in [-0.1, -0.05) is 42.5 Å². The number of benzene rings is 3. The minimum atomic E-state index is -3.76. The number of hydrogen-bond acceptors (Lipinski definition) is 6. The van der Waals surface area contributed by atoms with E-state index in [9.17, 15) is 18.0 Å². The molecule has 1 aromatic heterocycles. The van der Waals surface area contributed by atoms with Gasteiger partial charge < -0.3 is 14.5 Å². The van der Waals surface area contributed by atoms with Crippen molar-refractivity contribution in [2.24, 2.45) is 0 Å². The zero-order valence-electron chi connectivity index (χ0n) is 19.2. The van der Waals surface area contributed by atoms with E-state index >= 15 is 0 Å². The van der Waals surface area contributed by atoms with Crippen LogP contribution in [0.4, 0.5) is 5.69 Å². The largest absolute Gasteiger partial charge is 0.460 e. The first kappa shape index (κ1) is 24.2. The van der Waals surface area contributed by atoms with Crippen LogP contribution in [-0.4, -0.2) is 38.3 Å². The van der Waals surface area contributed by atoms with Crippen LogP contribution in [0.3, 0.4) is 0 Å². The van der Waals surface area contributed by atoms with Gasteiger partial charge in [0.05, 0.1) is 11.5 Å². The second kappa shape index (κ2) is 10.1. The standard InChI is InChI=1S/C26H24N2O6S/c1-3-33-26(30)24-23(21-11-7-8-12-22(21)34-24)27-25(29)19-13-15-20(16-14-19)35(31,32)28(2)17-18-9-5-4-6-10-18/h4-16H,3,17H2,1-2H3,(H,27,29). The van der Waals surface area contributed by atoms with E-state index in [1.807, 2.05) is 30.3 Å². The maximum Gasteiger partial charge on any atom is 0.376 e. The van der Waals surface area contributed by atoms with Crippen LogP contribution in [0.25, 0.3) is 11.0 Å². The van der Waals surface area contributed by atoms with Gasteiger partial charge in [-0.05, 0) is 48.9 Å². The van der Waals surface area contributed by atoms with Crippen molar-refractivity contribution in [3.8, 4) is 0 Å². The summed E-state index contributed by atoms with van der Waals surface area (Å²) in [4.78, 5) is 25.4. The van der Waals surface area contributed by atoms with Crippen molar-refractivity contribution in [2.75, 3.05) is 19.0 Å². The Morgan fingerprint density at radius 3 is 2.29 bits per heavy atom. The highest BCUT2D eigenvalue weighted by Gasteiger charge is 2.25. The number of anilines is 1. The fourth-order valence-electron chi connectivity index (χ4n) is 3.58. The molecule has 0 radical (unpaired) electrons. The summed E-state index contributed by atoms with van der Waals surface area (Å²) in [6.45, 7) is 2.04. The summed E-state index contributed by atoms with van der Waals surface area (Å²) in [5.74, 6) is -1.33. The molecule has 0 bridgehead atoms. The van der Waals surface area contributed by atoms with Gasteiger partial charge in [0.25, 0.3) is 5.91 Å². The van der Waals surface area contributed by atoms with Gasteiger partial charge in [0.2, 0.25) is 15.8 Å². The maximum atomic E-state index is 13.0. The molecule has 0 unspecified atom stereocenters. The molecular weight excluding hydrogens is 468 g/mol. The van der Waals surface area contributed by atoms with Crippen LogP contribution in [0.2, 0.25) is 0 Å². The summed E-state index contributed by atoms with van der Waals surface area (Å²) < 4.78 is 37.8. The van der Waals surface area contributed by atoms with Gasteiger partial charge in [-0.3, -0.25) is 4.79 Å². The number of furan rings is 1. The van der Waals surface area contributed by atoms with Crippen LogP contribution in [0.15, 0.2) is 88.2 Å². The average molecular weight is 493 g/mol. The van der Waals surface area contributed by atoms with Crippen molar-refractivity contribution in [3.05, 3.63) is 95.7 Å². The first-order valence-corrected chi connectivity index (χ1v) is 12.4. The lowest BCUT2D eigenvalue weighted by molar-refractivity contribution is 0.0494. The molecule has 0 aliphatic carbocycles. The molecule has 0 atom stereocenters. The smallest absolute Gasteiger partial charge is 0.376 e. The molecule has 180 valence electrons. The van der Waals surface area contributed by atoms with Crippen molar-refractivity contribution in [1.29, 1.82) is 0 Å². The Kier molecular flexibility index (Phi) is 6.99. The number of nitrogens with zero attached hydrogens (tertiary/aromatic N) is 1. The van der Waals surface area contributed by atoms with E-state index in [2.05, 4.69) is 5.32 Å². The topological polar surface area (TPSA) is 106 Å². The van der Waals surface area contributed by atoms with Gasteiger partial charge in [0.15, 0.2) is 0 Å². The van der Waals surface area contributed by atoms with Gasteiger partial charge in [0.1, 0.15) is 11.3 Å². The minimum Gasteiger partial charge on any atom is -0.460 e. The van der Waals surface area contributed by atoms with Gasteiger partial charge in [-0.2, -0.15) is 4.31 Å². The fourth-order valence-corrected chi connectivity index (χ4v) is 4.74. The number of sulfonamides is 1. The number of carbonyl (C=O) groups is 2. The van der Waals surface area contributed by atoms with Crippen molar-refractivity contribution >= 4 is 38.6 Å². The Morgan fingerprint density at radius 2 is 1.60 bits per heavy atom. The SMILES string of the molecule is CCOC(=O)c1oc2ccccc2c1NC(=O)c1ccc(S(=O)(=O)N(C)Cc2ccccc2)cc1. The molecule has 1 amide bonds. The molecule has 0 aliphatic rings. The number of para-hydroxylation sites is 1. The van der Waals surface area contributed by atoms with E-state index in [0.29, 0.717) is 11.0 Å². The van der Waals surface area contributed by atoms with Crippen LogP contribution in [0.5, 0.6) is 0 Å². The van der Waals surface area contributed by atoms with E-state index in [1.165, 1.54) is 35.6 Å². The van der Waals surface area contributed by atoms with E-state index in [1.54, 1.807) is 31.2 Å². The Morgan fingerprint density at radius 1 is 0.943 bits per heavy atom. The van der Waals surface area contributed by atoms with E-state index in [4.69, 9.17) is 9.15 Å². The Hall–Kier alpha value is -3.95. The fraction of sp³-hybridized carbons (Fsp3) is 0.154. The lowest BCUT2D eigenvalue weighted by Gasteiger charge is -2.17. The van der Waals surface area contributed by atoms with Crippen molar-refractivity contribution in [3.63, 3.8) is 0 Å². The van der Waals surface area contributed by atoms with Gasteiger partial charge in [0, 0.05) is 24.5 Å². The highest BCUT2D eigenvalue weighted by Crippen LogP contribution is 2.32. The van der Waals surface area contributed by atoms with Crippen LogP contribution < -0.4 is 5.32 Å². The zero-order valence-corrected chi connectivity index (χ0v) is 20.0. The molecule has 9 heteroatoms. The molecule has 0 spiro atoms. The Labute approximate surface area is 203 Å². The molecule has 0 saturated carbocycles. The van der Waals surface area contributed by atoms with Crippen LogP contribution >= 0.6 is 0 Å². The van der Waals surface area contributed by atoms with Gasteiger partial charge in [-0.25, -0.2) is 13.2 Å². The molecule has 4 rings (SSSR count). The molecule has 0 saturated heterocycles. The van der Waals surface area contributed by atoms with Crippen molar-refractivity contribution in [1.82, 2.24) is 4.31 Å². The van der Waals surface area contributed by atoms with Crippen LogP contribution in [-0.2, 0) is 21.3 Å². The lowest BCUT2D eigenvalue weighted by atomic mass is 10.2. The normalized spacial score (nSPS) is 11.5. The number of hydrogen-bond donors (Lipinski definition) is 1. The van der Waals surface area contributed by atoms with E-state index < -0.39 is 21.9 Å². The number of ether oxygens (including phenoxy) is 1. The summed E-state index contributed by atoms with van der Waals surface area (Å²) in [7, 11) is -2.25. The molecule has 0 aliphatic heterocycles. The van der Waals surface area contributed by atoms with E-state index in [0.717, 1.165) is 5.56 Å². The molecule has 8 nitrogen and oxygen atoms in total. The van der Waals surface area contributed by atoms with Crippen LogP contribution in [0, 0.1) is 0 Å². The number of carbonyl (C=O) groups excluding carboxylic acids is 2. The summed E-state index contributed by atoms with van der Waals surface area (Å²) in [5.41, 5.74) is 1.70. The van der Waals surface area contributed by atoms with Gasteiger partial charge in [-0.15, -0.1) is 0 Å². The Balaban J connectivity index is 1.56. The highest BCUT2D eigenvalue weighted by molar-refractivity contribution is 7.89. The van der Waals surface area contributed by atoms with Gasteiger partial charge >= 0.3 is 5.97 Å². The number of rotatable bonds is 8. The second-order valence-corrected chi connectivity index (χ2v) is 9.79. The predicted molar refractivity (Wildman–Crippen MR) is 132 cm³/mol. The second-order valence-electron chi connectivity index (χ2n) is 7.75. The Bertz CT molecular complexity index is 1460. The van der Waals surface area contributed by atoms with Crippen LogP contribution in [0.1, 0.15) is 33.4 Å². The first-order chi connectivity index (χ1) is 16.8. The molecule has 0 fully saturated rings.